The lowest BCUT2D eigenvalue weighted by Crippen LogP contribution is -2.47. The third kappa shape index (κ3) is 5.46. The normalized spacial score (nSPS) is 19.3. The van der Waals surface area contributed by atoms with E-state index in [1.165, 1.54) is 0 Å². The number of rotatable bonds is 9. The van der Waals surface area contributed by atoms with Gasteiger partial charge in [-0.3, -0.25) is 9.59 Å². The number of hydrogen-bond donors (Lipinski definition) is 2. The van der Waals surface area contributed by atoms with Crippen molar-refractivity contribution in [2.24, 2.45) is 5.92 Å². The Hall–Kier alpha value is -2.87. The van der Waals surface area contributed by atoms with Crippen molar-refractivity contribution in [1.82, 2.24) is 15.5 Å². The average molecular weight is 528 g/mol. The summed E-state index contributed by atoms with van der Waals surface area (Å²) >= 11 is 0. The molecule has 5 nitrogen and oxygen atoms in total. The first-order valence-electron chi connectivity index (χ1n) is 13.8. The number of halogens is 3. The lowest BCUT2D eigenvalue weighted by molar-refractivity contribution is -0.141. The minimum absolute atomic E-state index is 0.208. The quantitative estimate of drug-likeness (QED) is 0.442. The fourth-order valence-corrected chi connectivity index (χ4v) is 6.30. The molecule has 1 aliphatic heterocycles. The van der Waals surface area contributed by atoms with Gasteiger partial charge in [0.25, 0.3) is 0 Å². The van der Waals surface area contributed by atoms with Crippen LogP contribution in [0.1, 0.15) is 62.5 Å². The standard InChI is InChI=1S/C30H36F3N3O2/c31-30(32,33)20-34-28(38)29(25-12-3-1-10-23(25)24-11-2-4-13-26(24)29)16-5-6-17-36-18-14-22(15-19-36)35-27(37)21-8-7-9-21/h1-4,10-13,21-22H,5-9,14-20H2,(H,34,38)(H,35,37). The number of unbranched alkanes of at least 4 members (excludes halogenated alkanes) is 1. The van der Waals surface area contributed by atoms with Crippen LogP contribution in [-0.4, -0.2) is 55.1 Å². The SMILES string of the molecule is O=C(NC1CCN(CCCCC2(C(=O)NCC(F)(F)F)c3ccccc3-c3ccccc32)CC1)C1CCC1. The summed E-state index contributed by atoms with van der Waals surface area (Å²) in [5.41, 5.74) is 2.25. The monoisotopic (exact) mass is 527 g/mol. The molecule has 2 N–H and O–H groups in total. The maximum absolute atomic E-state index is 13.6. The van der Waals surface area contributed by atoms with E-state index in [2.05, 4.69) is 15.5 Å². The number of fused-ring (bicyclic) bond motifs is 3. The number of nitrogens with zero attached hydrogens (tertiary/aromatic N) is 1. The highest BCUT2D eigenvalue weighted by atomic mass is 19.4. The molecule has 2 aromatic carbocycles. The fourth-order valence-electron chi connectivity index (χ4n) is 6.30. The van der Waals surface area contributed by atoms with Crippen LogP contribution in [0.15, 0.2) is 48.5 Å². The van der Waals surface area contributed by atoms with Gasteiger partial charge in [-0.05, 0) is 67.3 Å². The average Bonchev–Trinajstić information content (AvgIpc) is 3.15. The first kappa shape index (κ1) is 26.7. The molecule has 3 aliphatic rings. The molecule has 204 valence electrons. The topological polar surface area (TPSA) is 61.4 Å². The molecule has 0 bridgehead atoms. The van der Waals surface area contributed by atoms with Crippen molar-refractivity contribution in [2.45, 2.75) is 69.0 Å². The molecule has 2 aliphatic carbocycles. The number of amides is 2. The Bertz CT molecular complexity index is 1110. The Balaban J connectivity index is 1.22. The van der Waals surface area contributed by atoms with E-state index in [4.69, 9.17) is 0 Å². The van der Waals surface area contributed by atoms with Crippen molar-refractivity contribution in [3.8, 4) is 11.1 Å². The van der Waals surface area contributed by atoms with Crippen LogP contribution in [0.5, 0.6) is 0 Å². The Morgan fingerprint density at radius 2 is 1.50 bits per heavy atom. The molecular formula is C30H36F3N3O2. The Morgan fingerprint density at radius 1 is 0.895 bits per heavy atom. The van der Waals surface area contributed by atoms with Gasteiger partial charge in [-0.25, -0.2) is 0 Å². The predicted octanol–water partition coefficient (Wildman–Crippen LogP) is 5.18. The van der Waals surface area contributed by atoms with Crippen molar-refractivity contribution in [3.63, 3.8) is 0 Å². The molecule has 0 aromatic heterocycles. The zero-order valence-corrected chi connectivity index (χ0v) is 21.7. The number of piperidine rings is 1. The minimum Gasteiger partial charge on any atom is -0.353 e. The van der Waals surface area contributed by atoms with Crippen molar-refractivity contribution < 1.29 is 22.8 Å². The highest BCUT2D eigenvalue weighted by Gasteiger charge is 2.49. The lowest BCUT2D eigenvalue weighted by Gasteiger charge is -2.34. The van der Waals surface area contributed by atoms with Crippen LogP contribution in [-0.2, 0) is 15.0 Å². The third-order valence-corrected chi connectivity index (χ3v) is 8.59. The second-order valence-electron chi connectivity index (χ2n) is 11.0. The number of carbonyl (C=O) groups excluding carboxylic acids is 2. The van der Waals surface area contributed by atoms with Gasteiger partial charge in [-0.2, -0.15) is 13.2 Å². The number of nitrogens with one attached hydrogen (secondary N) is 2. The third-order valence-electron chi connectivity index (χ3n) is 8.59. The molecule has 2 aromatic rings. The van der Waals surface area contributed by atoms with Crippen molar-refractivity contribution in [1.29, 1.82) is 0 Å². The van der Waals surface area contributed by atoms with Gasteiger partial charge >= 0.3 is 6.18 Å². The molecular weight excluding hydrogens is 491 g/mol. The molecule has 1 heterocycles. The number of carbonyl (C=O) groups is 2. The van der Waals surface area contributed by atoms with Crippen LogP contribution in [0.2, 0.25) is 0 Å². The second kappa shape index (κ2) is 11.1. The second-order valence-corrected chi connectivity index (χ2v) is 11.0. The maximum atomic E-state index is 13.6. The predicted molar refractivity (Wildman–Crippen MR) is 141 cm³/mol. The summed E-state index contributed by atoms with van der Waals surface area (Å²) in [6, 6.07) is 15.4. The van der Waals surface area contributed by atoms with Crippen molar-refractivity contribution in [2.75, 3.05) is 26.2 Å². The van der Waals surface area contributed by atoms with E-state index in [1.807, 2.05) is 48.5 Å². The highest BCUT2D eigenvalue weighted by molar-refractivity contribution is 6.00. The van der Waals surface area contributed by atoms with E-state index < -0.39 is 24.0 Å². The van der Waals surface area contributed by atoms with E-state index in [0.717, 1.165) is 80.4 Å². The number of hydrogen-bond acceptors (Lipinski definition) is 3. The van der Waals surface area contributed by atoms with E-state index in [1.54, 1.807) is 0 Å². The number of likely N-dealkylation sites (tertiary alicyclic amines) is 1. The van der Waals surface area contributed by atoms with Gasteiger partial charge in [-0.1, -0.05) is 61.4 Å². The Morgan fingerprint density at radius 3 is 2.05 bits per heavy atom. The van der Waals surface area contributed by atoms with E-state index in [9.17, 15) is 22.8 Å². The summed E-state index contributed by atoms with van der Waals surface area (Å²) in [5, 5.41) is 5.42. The summed E-state index contributed by atoms with van der Waals surface area (Å²) < 4.78 is 39.1. The van der Waals surface area contributed by atoms with Crippen LogP contribution >= 0.6 is 0 Å². The minimum atomic E-state index is -4.47. The Kier molecular flexibility index (Phi) is 7.80. The molecule has 2 fully saturated rings. The van der Waals surface area contributed by atoms with Gasteiger partial charge in [0, 0.05) is 25.0 Å². The summed E-state index contributed by atoms with van der Waals surface area (Å²) in [4.78, 5) is 28.2. The summed E-state index contributed by atoms with van der Waals surface area (Å²) in [5.74, 6) is -0.171. The van der Waals surface area contributed by atoms with Gasteiger partial charge in [0.1, 0.15) is 12.0 Å². The highest BCUT2D eigenvalue weighted by Crippen LogP contribution is 2.51. The zero-order chi connectivity index (χ0) is 26.8. The van der Waals surface area contributed by atoms with E-state index in [0.29, 0.717) is 12.8 Å². The van der Waals surface area contributed by atoms with Gasteiger partial charge in [0.05, 0.1) is 0 Å². The van der Waals surface area contributed by atoms with Crippen molar-refractivity contribution in [3.05, 3.63) is 59.7 Å². The van der Waals surface area contributed by atoms with Crippen LogP contribution in [0.3, 0.4) is 0 Å². The molecule has 1 saturated heterocycles. The van der Waals surface area contributed by atoms with Gasteiger partial charge in [-0.15, -0.1) is 0 Å². The van der Waals surface area contributed by atoms with Crippen LogP contribution in [0.25, 0.3) is 11.1 Å². The smallest absolute Gasteiger partial charge is 0.353 e. The molecule has 0 spiro atoms. The molecule has 0 atom stereocenters. The molecule has 5 rings (SSSR count). The van der Waals surface area contributed by atoms with Crippen LogP contribution in [0.4, 0.5) is 13.2 Å². The Labute approximate surface area is 222 Å². The molecule has 0 radical (unpaired) electrons. The van der Waals surface area contributed by atoms with E-state index >= 15 is 0 Å². The molecule has 38 heavy (non-hydrogen) atoms. The maximum Gasteiger partial charge on any atom is 0.405 e. The largest absolute Gasteiger partial charge is 0.405 e. The first-order chi connectivity index (χ1) is 18.3. The fraction of sp³-hybridized carbons (Fsp3) is 0.533. The van der Waals surface area contributed by atoms with Crippen LogP contribution in [0, 0.1) is 5.92 Å². The molecule has 8 heteroatoms. The summed E-state index contributed by atoms with van der Waals surface area (Å²) in [6.45, 7) is 1.36. The van der Waals surface area contributed by atoms with Gasteiger partial charge in [0.15, 0.2) is 0 Å². The number of alkyl halides is 3. The van der Waals surface area contributed by atoms with E-state index in [-0.39, 0.29) is 17.9 Å². The van der Waals surface area contributed by atoms with Crippen LogP contribution < -0.4 is 10.6 Å². The van der Waals surface area contributed by atoms with Crippen molar-refractivity contribution >= 4 is 11.8 Å². The molecule has 2 amide bonds. The lowest BCUT2D eigenvalue weighted by atomic mass is 9.73. The zero-order valence-electron chi connectivity index (χ0n) is 21.7. The first-order valence-corrected chi connectivity index (χ1v) is 13.8. The summed E-state index contributed by atoms with van der Waals surface area (Å²) in [7, 11) is 0. The summed E-state index contributed by atoms with van der Waals surface area (Å²) in [6.07, 6.45) is 2.56. The van der Waals surface area contributed by atoms with Gasteiger partial charge < -0.3 is 15.5 Å². The molecule has 0 unspecified atom stereocenters. The van der Waals surface area contributed by atoms with Gasteiger partial charge in [0.2, 0.25) is 11.8 Å². The number of benzene rings is 2. The molecule has 1 saturated carbocycles.